The lowest BCUT2D eigenvalue weighted by Crippen LogP contribution is -2.41. The molecule has 0 radical (unpaired) electrons. The summed E-state index contributed by atoms with van der Waals surface area (Å²) in [6.45, 7) is 4.98. The van der Waals surface area contributed by atoms with Crippen molar-refractivity contribution in [2.45, 2.75) is 76.7 Å². The number of rotatable bonds is 10. The van der Waals surface area contributed by atoms with Crippen molar-refractivity contribution in [3.05, 3.63) is 41.5 Å². The first-order valence-electron chi connectivity index (χ1n) is 9.86. The molecule has 3 nitrogen and oxygen atoms in total. The van der Waals surface area contributed by atoms with Crippen LogP contribution in [-0.2, 0) is 6.42 Å². The third-order valence-electron chi connectivity index (χ3n) is 5.07. The molecule has 25 heavy (non-hydrogen) atoms. The summed E-state index contributed by atoms with van der Waals surface area (Å²) in [5, 5.41) is 9.50. The summed E-state index contributed by atoms with van der Waals surface area (Å²) in [6, 6.07) is 6.49. The first-order chi connectivity index (χ1) is 12.1. The van der Waals surface area contributed by atoms with Gasteiger partial charge in [-0.2, -0.15) is 0 Å². The molecule has 3 N–H and O–H groups in total. The quantitative estimate of drug-likeness (QED) is 0.476. The monoisotopic (exact) mass is 345 g/mol. The molecule has 0 saturated carbocycles. The Morgan fingerprint density at radius 1 is 1.20 bits per heavy atom. The van der Waals surface area contributed by atoms with Gasteiger partial charge in [0.1, 0.15) is 5.75 Å². The van der Waals surface area contributed by atoms with Crippen molar-refractivity contribution < 1.29 is 9.84 Å². The molecule has 1 aromatic carbocycles. The highest BCUT2D eigenvalue weighted by atomic mass is 16.5. The second-order valence-corrected chi connectivity index (χ2v) is 7.75. The number of nitrogens with two attached hydrogens (primary N) is 1. The largest absolute Gasteiger partial charge is 0.494 e. The lowest BCUT2D eigenvalue weighted by Gasteiger charge is -2.28. The molecule has 2 atom stereocenters. The van der Waals surface area contributed by atoms with E-state index in [0.717, 1.165) is 38.0 Å². The second-order valence-electron chi connectivity index (χ2n) is 7.75. The summed E-state index contributed by atoms with van der Waals surface area (Å²) < 4.78 is 5.96. The van der Waals surface area contributed by atoms with E-state index in [9.17, 15) is 5.11 Å². The minimum absolute atomic E-state index is 0.0156. The molecular formula is C22H35NO2. The molecule has 1 aliphatic carbocycles. The van der Waals surface area contributed by atoms with Crippen LogP contribution in [0, 0.1) is 0 Å². The first kappa shape index (κ1) is 20.0. The number of hydrogen-bond acceptors (Lipinski definition) is 3. The fraction of sp³-hybridized carbons (Fsp3) is 0.636. The molecule has 3 heteroatoms. The summed E-state index contributed by atoms with van der Waals surface area (Å²) in [4.78, 5) is 0. The van der Waals surface area contributed by atoms with Gasteiger partial charge in [-0.15, -0.1) is 0 Å². The molecule has 0 bridgehead atoms. The maximum absolute atomic E-state index is 9.50. The lowest BCUT2D eigenvalue weighted by atomic mass is 9.82. The van der Waals surface area contributed by atoms with Gasteiger partial charge in [0.25, 0.3) is 0 Å². The van der Waals surface area contributed by atoms with E-state index in [1.807, 2.05) is 6.92 Å². The van der Waals surface area contributed by atoms with Gasteiger partial charge < -0.3 is 15.6 Å². The molecule has 140 valence electrons. The van der Waals surface area contributed by atoms with Gasteiger partial charge in [-0.25, -0.2) is 0 Å². The van der Waals surface area contributed by atoms with E-state index in [1.165, 1.54) is 36.8 Å². The first-order valence-corrected chi connectivity index (χ1v) is 9.86. The third-order valence-corrected chi connectivity index (χ3v) is 5.07. The Balaban J connectivity index is 1.97. The molecule has 0 aliphatic heterocycles. The standard InChI is InChI=1S/C22H35NO2/c1-3-4-5-6-9-14-25-20-12-13-21-18(15-20)10-7-8-11-19(21)16-22(2,23)17-24/h7-8,12-13,15,19,24H,3-6,9-11,14,16-17,23H2,1-2H3/t19-,22+/m1/s1. The molecule has 0 heterocycles. The van der Waals surface area contributed by atoms with Gasteiger partial charge in [0.2, 0.25) is 0 Å². The maximum atomic E-state index is 9.50. The smallest absolute Gasteiger partial charge is 0.119 e. The predicted molar refractivity (Wildman–Crippen MR) is 105 cm³/mol. The van der Waals surface area contributed by atoms with Gasteiger partial charge in [-0.3, -0.25) is 0 Å². The van der Waals surface area contributed by atoms with Crippen LogP contribution in [0.4, 0.5) is 0 Å². The summed E-state index contributed by atoms with van der Waals surface area (Å²) in [6.07, 6.45) is 13.5. The average molecular weight is 346 g/mol. The van der Waals surface area contributed by atoms with E-state index in [0.29, 0.717) is 5.92 Å². The Bertz CT molecular complexity index is 551. The van der Waals surface area contributed by atoms with Crippen LogP contribution >= 0.6 is 0 Å². The summed E-state index contributed by atoms with van der Waals surface area (Å²) in [7, 11) is 0. The highest BCUT2D eigenvalue weighted by Gasteiger charge is 2.26. The van der Waals surface area contributed by atoms with Gasteiger partial charge in [0.15, 0.2) is 0 Å². The van der Waals surface area contributed by atoms with E-state index in [1.54, 1.807) is 0 Å². The van der Waals surface area contributed by atoms with E-state index < -0.39 is 5.54 Å². The molecule has 1 aromatic rings. The van der Waals surface area contributed by atoms with Crippen LogP contribution in [-0.4, -0.2) is 23.9 Å². The Hall–Kier alpha value is -1.32. The van der Waals surface area contributed by atoms with Gasteiger partial charge in [-0.1, -0.05) is 50.8 Å². The highest BCUT2D eigenvalue weighted by molar-refractivity contribution is 5.40. The molecule has 0 aromatic heterocycles. The fourth-order valence-corrected chi connectivity index (χ4v) is 3.56. The van der Waals surface area contributed by atoms with Crippen LogP contribution in [0.15, 0.2) is 30.4 Å². The van der Waals surface area contributed by atoms with Crippen LogP contribution in [0.5, 0.6) is 5.75 Å². The minimum atomic E-state index is -0.534. The van der Waals surface area contributed by atoms with Crippen molar-refractivity contribution in [2.24, 2.45) is 5.73 Å². The number of aliphatic hydroxyl groups is 1. The van der Waals surface area contributed by atoms with Crippen LogP contribution in [0.2, 0.25) is 0 Å². The summed E-state index contributed by atoms with van der Waals surface area (Å²) >= 11 is 0. The number of aliphatic hydroxyl groups excluding tert-OH is 1. The Morgan fingerprint density at radius 3 is 2.76 bits per heavy atom. The molecule has 0 spiro atoms. The highest BCUT2D eigenvalue weighted by Crippen LogP contribution is 2.35. The number of ether oxygens (including phenoxy) is 1. The molecule has 2 rings (SSSR count). The molecule has 0 saturated heterocycles. The predicted octanol–water partition coefficient (Wildman–Crippen LogP) is 4.72. The van der Waals surface area contributed by atoms with Crippen LogP contribution < -0.4 is 10.5 Å². The van der Waals surface area contributed by atoms with Gasteiger partial charge >= 0.3 is 0 Å². The zero-order valence-electron chi connectivity index (χ0n) is 16.0. The van der Waals surface area contributed by atoms with Crippen LogP contribution in [0.3, 0.4) is 0 Å². The van der Waals surface area contributed by atoms with E-state index in [-0.39, 0.29) is 6.61 Å². The average Bonchev–Trinajstić information content (AvgIpc) is 2.79. The zero-order valence-corrected chi connectivity index (χ0v) is 16.0. The van der Waals surface area contributed by atoms with Crippen molar-refractivity contribution in [2.75, 3.05) is 13.2 Å². The van der Waals surface area contributed by atoms with Crippen LogP contribution in [0.25, 0.3) is 0 Å². The Morgan fingerprint density at radius 2 is 2.00 bits per heavy atom. The zero-order chi connectivity index (χ0) is 18.1. The van der Waals surface area contributed by atoms with E-state index >= 15 is 0 Å². The SMILES string of the molecule is CCCCCCCOc1ccc2c(c1)CC=CC[C@@H]2C[C@](C)(N)CO. The van der Waals surface area contributed by atoms with Crippen LogP contribution in [0.1, 0.15) is 75.8 Å². The van der Waals surface area contributed by atoms with E-state index in [4.69, 9.17) is 10.5 Å². The number of fused-ring (bicyclic) bond motifs is 1. The topological polar surface area (TPSA) is 55.5 Å². The van der Waals surface area contributed by atoms with Crippen molar-refractivity contribution in [3.63, 3.8) is 0 Å². The van der Waals surface area contributed by atoms with Crippen molar-refractivity contribution >= 4 is 0 Å². The molecule has 0 fully saturated rings. The van der Waals surface area contributed by atoms with Gasteiger partial charge in [0, 0.05) is 5.54 Å². The summed E-state index contributed by atoms with van der Waals surface area (Å²) in [5.41, 5.74) is 8.35. The number of unbranched alkanes of at least 4 members (excludes halogenated alkanes) is 4. The molecule has 0 amide bonds. The van der Waals surface area contributed by atoms with E-state index in [2.05, 4.69) is 37.3 Å². The fourth-order valence-electron chi connectivity index (χ4n) is 3.56. The molecular weight excluding hydrogens is 310 g/mol. The van der Waals surface area contributed by atoms with Crippen molar-refractivity contribution in [1.29, 1.82) is 0 Å². The molecule has 1 aliphatic rings. The lowest BCUT2D eigenvalue weighted by molar-refractivity contribution is 0.192. The number of allylic oxidation sites excluding steroid dienone is 2. The van der Waals surface area contributed by atoms with Crippen molar-refractivity contribution in [1.82, 2.24) is 0 Å². The Labute approximate surface area is 153 Å². The summed E-state index contributed by atoms with van der Waals surface area (Å²) in [5.74, 6) is 1.33. The van der Waals surface area contributed by atoms with Crippen molar-refractivity contribution in [3.8, 4) is 5.75 Å². The normalized spacial score (nSPS) is 19.1. The maximum Gasteiger partial charge on any atom is 0.119 e. The number of hydrogen-bond donors (Lipinski definition) is 2. The molecule has 0 unspecified atom stereocenters. The number of benzene rings is 1. The Kier molecular flexibility index (Phi) is 7.98. The third kappa shape index (κ3) is 6.48. The second kappa shape index (κ2) is 9.98. The van der Waals surface area contributed by atoms with Gasteiger partial charge in [-0.05, 0) is 61.8 Å². The van der Waals surface area contributed by atoms with Gasteiger partial charge in [0.05, 0.1) is 13.2 Å². The minimum Gasteiger partial charge on any atom is -0.494 e.